The van der Waals surface area contributed by atoms with Crippen molar-refractivity contribution in [3.8, 4) is 0 Å². The van der Waals surface area contributed by atoms with Gasteiger partial charge in [-0.3, -0.25) is 0 Å². The maximum Gasteiger partial charge on any atom is 0.337 e. The van der Waals surface area contributed by atoms with Gasteiger partial charge in [0, 0.05) is 17.1 Å². The van der Waals surface area contributed by atoms with Gasteiger partial charge in [0.05, 0.1) is 11.3 Å². The fraction of sp³-hybridized carbons (Fsp3) is 0.308. The van der Waals surface area contributed by atoms with E-state index in [1.165, 1.54) is 0 Å². The largest absolute Gasteiger partial charge is 0.478 e. The molecule has 0 aliphatic rings. The van der Waals surface area contributed by atoms with Crippen LogP contribution >= 0.6 is 15.9 Å². The molecule has 1 aromatic carbocycles. The Morgan fingerprint density at radius 2 is 2.24 bits per heavy atom. The van der Waals surface area contributed by atoms with Gasteiger partial charge in [-0.05, 0) is 32.0 Å². The molecule has 0 saturated heterocycles. The zero-order valence-electron chi connectivity index (χ0n) is 9.98. The van der Waals surface area contributed by atoms with Crippen LogP contribution in [0, 0.1) is 0 Å². The summed E-state index contributed by atoms with van der Waals surface area (Å²) in [5.41, 5.74) is 1.02. The lowest BCUT2D eigenvalue weighted by molar-refractivity contribution is 0.0697. The first-order valence-electron chi connectivity index (χ1n) is 5.37. The molecule has 0 bridgehead atoms. The zero-order valence-corrected chi connectivity index (χ0v) is 11.6. The quantitative estimate of drug-likeness (QED) is 0.845. The first-order valence-corrected chi connectivity index (χ1v) is 6.17. The van der Waals surface area contributed by atoms with E-state index in [1.807, 2.05) is 30.9 Å². The SMILES string of the molecule is C=CCN(c1ccc(Br)cc1C(=O)O)C(C)C. The summed E-state index contributed by atoms with van der Waals surface area (Å²) >= 11 is 3.29. The Balaban J connectivity index is 3.26. The third-order valence-corrected chi connectivity index (χ3v) is 2.94. The second-order valence-electron chi connectivity index (χ2n) is 4.00. The summed E-state index contributed by atoms with van der Waals surface area (Å²) < 4.78 is 0.765. The van der Waals surface area contributed by atoms with Crippen molar-refractivity contribution in [1.29, 1.82) is 0 Å². The lowest BCUT2D eigenvalue weighted by atomic mass is 10.1. The number of rotatable bonds is 5. The van der Waals surface area contributed by atoms with Crippen molar-refractivity contribution in [2.24, 2.45) is 0 Å². The highest BCUT2D eigenvalue weighted by atomic mass is 79.9. The Hall–Kier alpha value is -1.29. The molecule has 0 radical (unpaired) electrons. The smallest absolute Gasteiger partial charge is 0.337 e. The van der Waals surface area contributed by atoms with Crippen molar-refractivity contribution in [3.05, 3.63) is 40.9 Å². The summed E-state index contributed by atoms with van der Waals surface area (Å²) in [5.74, 6) is -0.920. The van der Waals surface area contributed by atoms with Gasteiger partial charge < -0.3 is 10.0 Å². The number of carboxylic acids is 1. The third kappa shape index (κ3) is 3.33. The molecule has 1 rings (SSSR count). The molecule has 3 nitrogen and oxygen atoms in total. The second-order valence-corrected chi connectivity index (χ2v) is 4.92. The van der Waals surface area contributed by atoms with E-state index in [1.54, 1.807) is 12.1 Å². The van der Waals surface area contributed by atoms with Crippen LogP contribution in [0.3, 0.4) is 0 Å². The molecule has 17 heavy (non-hydrogen) atoms. The lowest BCUT2D eigenvalue weighted by Gasteiger charge is -2.29. The first-order chi connectivity index (χ1) is 7.97. The van der Waals surface area contributed by atoms with Gasteiger partial charge >= 0.3 is 5.97 Å². The van der Waals surface area contributed by atoms with Gasteiger partial charge in [-0.1, -0.05) is 22.0 Å². The molecular formula is C13H16BrNO2. The summed E-state index contributed by atoms with van der Waals surface area (Å²) in [4.78, 5) is 13.2. The van der Waals surface area contributed by atoms with Crippen molar-refractivity contribution in [2.75, 3.05) is 11.4 Å². The molecule has 0 saturated carbocycles. The van der Waals surface area contributed by atoms with Gasteiger partial charge in [0.1, 0.15) is 0 Å². The van der Waals surface area contributed by atoms with Crippen LogP contribution in [0.4, 0.5) is 5.69 Å². The van der Waals surface area contributed by atoms with Crippen molar-refractivity contribution >= 4 is 27.6 Å². The summed E-state index contributed by atoms with van der Waals surface area (Å²) in [5, 5.41) is 9.22. The highest BCUT2D eigenvalue weighted by Crippen LogP contribution is 2.26. The summed E-state index contributed by atoms with van der Waals surface area (Å²) in [6, 6.07) is 5.50. The number of carbonyl (C=O) groups is 1. The Labute approximate surface area is 110 Å². The number of nitrogens with zero attached hydrogens (tertiary/aromatic N) is 1. The molecule has 0 atom stereocenters. The molecule has 0 amide bonds. The monoisotopic (exact) mass is 297 g/mol. The molecule has 1 N–H and O–H groups in total. The number of hydrogen-bond donors (Lipinski definition) is 1. The van der Waals surface area contributed by atoms with Crippen molar-refractivity contribution in [2.45, 2.75) is 19.9 Å². The van der Waals surface area contributed by atoms with Crippen LogP contribution in [0.5, 0.6) is 0 Å². The van der Waals surface area contributed by atoms with Crippen LogP contribution in [0.2, 0.25) is 0 Å². The maximum absolute atomic E-state index is 11.2. The maximum atomic E-state index is 11.2. The van der Waals surface area contributed by atoms with Crippen LogP contribution in [0.1, 0.15) is 24.2 Å². The minimum absolute atomic E-state index is 0.215. The van der Waals surface area contributed by atoms with E-state index >= 15 is 0 Å². The Morgan fingerprint density at radius 3 is 2.71 bits per heavy atom. The average molecular weight is 298 g/mol. The van der Waals surface area contributed by atoms with Crippen LogP contribution in [0.15, 0.2) is 35.3 Å². The molecule has 4 heteroatoms. The number of hydrogen-bond acceptors (Lipinski definition) is 2. The van der Waals surface area contributed by atoms with Crippen molar-refractivity contribution in [1.82, 2.24) is 0 Å². The average Bonchev–Trinajstić information content (AvgIpc) is 2.26. The van der Waals surface area contributed by atoms with Gasteiger partial charge in [-0.15, -0.1) is 6.58 Å². The predicted octanol–water partition coefficient (Wildman–Crippen LogP) is 3.55. The molecule has 0 heterocycles. The molecule has 0 aliphatic heterocycles. The normalized spacial score (nSPS) is 10.4. The molecule has 0 aliphatic carbocycles. The van der Waals surface area contributed by atoms with E-state index in [9.17, 15) is 9.90 Å². The molecule has 92 valence electrons. The standard InChI is InChI=1S/C13H16BrNO2/c1-4-7-15(9(2)3)12-6-5-10(14)8-11(12)13(16)17/h4-6,8-9H,1,7H2,2-3H3,(H,16,17). The molecule has 0 spiro atoms. The van der Waals surface area contributed by atoms with E-state index in [0.717, 1.165) is 10.2 Å². The summed E-state index contributed by atoms with van der Waals surface area (Å²) in [7, 11) is 0. The van der Waals surface area contributed by atoms with Crippen molar-refractivity contribution in [3.63, 3.8) is 0 Å². The highest BCUT2D eigenvalue weighted by Gasteiger charge is 2.17. The fourth-order valence-electron chi connectivity index (χ4n) is 1.66. The number of benzene rings is 1. The van der Waals surface area contributed by atoms with Gasteiger partial charge in [0.2, 0.25) is 0 Å². The minimum atomic E-state index is -0.920. The van der Waals surface area contributed by atoms with Crippen LogP contribution in [0.25, 0.3) is 0 Å². The molecule has 1 aromatic rings. The molecular weight excluding hydrogens is 282 g/mol. The fourth-order valence-corrected chi connectivity index (χ4v) is 2.02. The summed E-state index contributed by atoms with van der Waals surface area (Å²) in [6.07, 6.45) is 1.77. The number of aromatic carboxylic acids is 1. The summed E-state index contributed by atoms with van der Waals surface area (Å²) in [6.45, 7) is 8.38. The predicted molar refractivity (Wildman–Crippen MR) is 73.8 cm³/mol. The van der Waals surface area contributed by atoms with E-state index in [2.05, 4.69) is 22.5 Å². The van der Waals surface area contributed by atoms with Crippen LogP contribution < -0.4 is 4.90 Å². The number of halogens is 1. The lowest BCUT2D eigenvalue weighted by Crippen LogP contribution is -2.32. The van der Waals surface area contributed by atoms with Gasteiger partial charge in [-0.25, -0.2) is 4.79 Å². The second kappa shape index (κ2) is 5.87. The Bertz CT molecular complexity index is 429. The zero-order chi connectivity index (χ0) is 13.0. The van der Waals surface area contributed by atoms with E-state index < -0.39 is 5.97 Å². The topological polar surface area (TPSA) is 40.5 Å². The number of anilines is 1. The van der Waals surface area contributed by atoms with Crippen molar-refractivity contribution < 1.29 is 9.90 Å². The number of carboxylic acid groups (broad SMARTS) is 1. The van der Waals surface area contributed by atoms with E-state index in [-0.39, 0.29) is 6.04 Å². The Morgan fingerprint density at radius 1 is 1.59 bits per heavy atom. The van der Waals surface area contributed by atoms with E-state index in [0.29, 0.717) is 12.1 Å². The van der Waals surface area contributed by atoms with Crippen LogP contribution in [-0.2, 0) is 0 Å². The first kappa shape index (κ1) is 13.8. The van der Waals surface area contributed by atoms with Gasteiger partial charge in [0.15, 0.2) is 0 Å². The Kier molecular flexibility index (Phi) is 4.75. The minimum Gasteiger partial charge on any atom is -0.478 e. The molecule has 0 unspecified atom stereocenters. The van der Waals surface area contributed by atoms with E-state index in [4.69, 9.17) is 0 Å². The third-order valence-electron chi connectivity index (χ3n) is 2.45. The van der Waals surface area contributed by atoms with Gasteiger partial charge in [-0.2, -0.15) is 0 Å². The highest BCUT2D eigenvalue weighted by molar-refractivity contribution is 9.10. The molecule has 0 fully saturated rings. The molecule has 0 aromatic heterocycles. The van der Waals surface area contributed by atoms with Gasteiger partial charge in [0.25, 0.3) is 0 Å². The van der Waals surface area contributed by atoms with Crippen LogP contribution in [-0.4, -0.2) is 23.7 Å².